The molecule has 0 aromatic carbocycles. The number of aryl methyl sites for hydroxylation is 1. The van der Waals surface area contributed by atoms with Gasteiger partial charge in [-0.05, 0) is 26.0 Å². The van der Waals surface area contributed by atoms with E-state index in [1.54, 1.807) is 11.4 Å². The van der Waals surface area contributed by atoms with E-state index in [0.29, 0.717) is 11.7 Å². The summed E-state index contributed by atoms with van der Waals surface area (Å²) in [5, 5.41) is 5.40. The third kappa shape index (κ3) is 3.81. The number of hydrogen-bond donors (Lipinski definition) is 3. The van der Waals surface area contributed by atoms with Crippen LogP contribution in [0.4, 0.5) is 5.13 Å². The Morgan fingerprint density at radius 1 is 1.45 bits per heavy atom. The molecule has 0 amide bonds. The molecule has 0 aliphatic heterocycles. The van der Waals surface area contributed by atoms with Crippen LogP contribution in [0.2, 0.25) is 0 Å². The summed E-state index contributed by atoms with van der Waals surface area (Å²) < 4.78 is 26.8. The van der Waals surface area contributed by atoms with Crippen LogP contribution in [0.1, 0.15) is 24.7 Å². The van der Waals surface area contributed by atoms with Gasteiger partial charge in [0.2, 0.25) is 0 Å². The number of H-pyrrole nitrogens is 1. The average molecular weight is 314 g/mol. The lowest BCUT2D eigenvalue weighted by molar-refractivity contribution is 0.601. The van der Waals surface area contributed by atoms with E-state index in [0.717, 1.165) is 24.4 Å². The maximum Gasteiger partial charge on any atom is 0.265 e. The van der Waals surface area contributed by atoms with Crippen molar-refractivity contribution in [3.8, 4) is 0 Å². The molecular weight excluding hydrogens is 296 g/mol. The van der Waals surface area contributed by atoms with Crippen molar-refractivity contribution < 1.29 is 8.42 Å². The summed E-state index contributed by atoms with van der Waals surface area (Å²) in [6.07, 6.45) is 2.53. The standard InChI is InChI=1S/C12H18N4O2S2/c1-3-4-13-6-10-5-11(7-14-10)20(17,18)16-12-15-9(2)8-19-12/h5,7-8,13-14H,3-4,6H2,1-2H3,(H,15,16). The Hall–Kier alpha value is -1.38. The molecule has 2 aromatic rings. The van der Waals surface area contributed by atoms with Gasteiger partial charge in [-0.25, -0.2) is 13.4 Å². The summed E-state index contributed by atoms with van der Waals surface area (Å²) in [4.78, 5) is 7.28. The topological polar surface area (TPSA) is 86.9 Å². The monoisotopic (exact) mass is 314 g/mol. The fraction of sp³-hybridized carbons (Fsp3) is 0.417. The van der Waals surface area contributed by atoms with Crippen molar-refractivity contribution in [1.82, 2.24) is 15.3 Å². The Bertz CT molecular complexity index is 661. The number of nitrogens with zero attached hydrogens (tertiary/aromatic N) is 1. The van der Waals surface area contributed by atoms with Gasteiger partial charge in [-0.3, -0.25) is 4.72 Å². The first-order valence-corrected chi connectivity index (χ1v) is 8.70. The SMILES string of the molecule is CCCNCc1cc(S(=O)(=O)Nc2nc(C)cs2)c[nH]1. The number of sulfonamides is 1. The van der Waals surface area contributed by atoms with Crippen molar-refractivity contribution in [2.45, 2.75) is 31.7 Å². The number of hydrogen-bond acceptors (Lipinski definition) is 5. The molecule has 0 fully saturated rings. The summed E-state index contributed by atoms with van der Waals surface area (Å²) in [5.74, 6) is 0. The van der Waals surface area contributed by atoms with E-state index in [-0.39, 0.29) is 4.90 Å². The van der Waals surface area contributed by atoms with Crippen LogP contribution in [0.5, 0.6) is 0 Å². The van der Waals surface area contributed by atoms with Crippen molar-refractivity contribution in [3.05, 3.63) is 29.0 Å². The molecule has 0 radical (unpaired) electrons. The summed E-state index contributed by atoms with van der Waals surface area (Å²) >= 11 is 1.27. The second kappa shape index (κ2) is 6.38. The van der Waals surface area contributed by atoms with Crippen molar-refractivity contribution >= 4 is 26.5 Å². The zero-order valence-corrected chi connectivity index (χ0v) is 13.1. The molecule has 0 unspecified atom stereocenters. The van der Waals surface area contributed by atoms with Gasteiger partial charge in [0.25, 0.3) is 10.0 Å². The summed E-state index contributed by atoms with van der Waals surface area (Å²) in [5.41, 5.74) is 1.64. The Kier molecular flexibility index (Phi) is 4.79. The second-order valence-corrected chi connectivity index (χ2v) is 6.98. The molecule has 0 saturated heterocycles. The first kappa shape index (κ1) is 15.0. The van der Waals surface area contributed by atoms with Crippen LogP contribution in [0.3, 0.4) is 0 Å². The van der Waals surface area contributed by atoms with E-state index in [4.69, 9.17) is 0 Å². The molecule has 2 aromatic heterocycles. The Morgan fingerprint density at radius 3 is 2.90 bits per heavy atom. The highest BCUT2D eigenvalue weighted by Gasteiger charge is 2.17. The third-order valence-electron chi connectivity index (χ3n) is 2.61. The number of anilines is 1. The zero-order chi connectivity index (χ0) is 14.6. The first-order valence-electron chi connectivity index (χ1n) is 6.34. The molecule has 0 spiro atoms. The average Bonchev–Trinajstić information content (AvgIpc) is 2.99. The fourth-order valence-electron chi connectivity index (χ4n) is 1.65. The minimum absolute atomic E-state index is 0.221. The quantitative estimate of drug-likeness (QED) is 0.683. The number of aromatic nitrogens is 2. The van der Waals surface area contributed by atoms with Crippen molar-refractivity contribution in [1.29, 1.82) is 0 Å². The minimum atomic E-state index is -3.57. The van der Waals surface area contributed by atoms with Gasteiger partial charge in [0.1, 0.15) is 4.90 Å². The van der Waals surface area contributed by atoms with Crippen LogP contribution in [0.15, 0.2) is 22.5 Å². The van der Waals surface area contributed by atoms with Crippen LogP contribution in [-0.4, -0.2) is 24.9 Å². The van der Waals surface area contributed by atoms with Crippen LogP contribution >= 0.6 is 11.3 Å². The van der Waals surface area contributed by atoms with Gasteiger partial charge in [0.15, 0.2) is 5.13 Å². The number of thiazole rings is 1. The van der Waals surface area contributed by atoms with Crippen molar-refractivity contribution in [2.24, 2.45) is 0 Å². The van der Waals surface area contributed by atoms with E-state index in [1.165, 1.54) is 17.5 Å². The maximum atomic E-state index is 12.2. The lowest BCUT2D eigenvalue weighted by atomic mass is 10.4. The van der Waals surface area contributed by atoms with Gasteiger partial charge < -0.3 is 10.3 Å². The summed E-state index contributed by atoms with van der Waals surface area (Å²) in [6, 6.07) is 1.63. The van der Waals surface area contributed by atoms with Crippen LogP contribution < -0.4 is 10.0 Å². The smallest absolute Gasteiger partial charge is 0.265 e. The van der Waals surface area contributed by atoms with Crippen molar-refractivity contribution in [3.63, 3.8) is 0 Å². The van der Waals surface area contributed by atoms with Gasteiger partial charge in [0.05, 0.1) is 5.69 Å². The molecule has 3 N–H and O–H groups in total. The predicted molar refractivity (Wildman–Crippen MR) is 80.4 cm³/mol. The summed E-state index contributed by atoms with van der Waals surface area (Å²) in [6.45, 7) is 5.43. The largest absolute Gasteiger partial charge is 0.363 e. The molecule has 0 aliphatic carbocycles. The van der Waals surface area contributed by atoms with E-state index in [2.05, 4.69) is 26.9 Å². The second-order valence-electron chi connectivity index (χ2n) is 4.44. The molecule has 0 saturated carbocycles. The number of rotatable bonds is 7. The lowest BCUT2D eigenvalue weighted by Crippen LogP contribution is -2.14. The molecule has 0 bridgehead atoms. The zero-order valence-electron chi connectivity index (χ0n) is 11.4. The van der Waals surface area contributed by atoms with Crippen LogP contribution in [0.25, 0.3) is 0 Å². The minimum Gasteiger partial charge on any atom is -0.363 e. The molecule has 0 atom stereocenters. The van der Waals surface area contributed by atoms with Crippen LogP contribution in [-0.2, 0) is 16.6 Å². The highest BCUT2D eigenvalue weighted by Crippen LogP contribution is 2.20. The summed E-state index contributed by atoms with van der Waals surface area (Å²) in [7, 11) is -3.57. The maximum absolute atomic E-state index is 12.2. The van der Waals surface area contributed by atoms with Crippen molar-refractivity contribution in [2.75, 3.05) is 11.3 Å². The Morgan fingerprint density at radius 2 is 2.25 bits per heavy atom. The van der Waals surface area contributed by atoms with Gasteiger partial charge in [-0.15, -0.1) is 11.3 Å². The van der Waals surface area contributed by atoms with Crippen LogP contribution in [0, 0.1) is 6.92 Å². The van der Waals surface area contributed by atoms with E-state index < -0.39 is 10.0 Å². The van der Waals surface area contributed by atoms with Gasteiger partial charge in [0, 0.05) is 23.8 Å². The molecular formula is C12H18N4O2S2. The van der Waals surface area contributed by atoms with Gasteiger partial charge in [-0.1, -0.05) is 6.92 Å². The van der Waals surface area contributed by atoms with Gasteiger partial charge in [-0.2, -0.15) is 0 Å². The molecule has 8 heteroatoms. The number of aromatic amines is 1. The van der Waals surface area contributed by atoms with E-state index in [1.807, 2.05) is 6.92 Å². The molecule has 110 valence electrons. The number of nitrogens with one attached hydrogen (secondary N) is 3. The molecule has 20 heavy (non-hydrogen) atoms. The Balaban J connectivity index is 2.06. The van der Waals surface area contributed by atoms with E-state index >= 15 is 0 Å². The predicted octanol–water partition coefficient (Wildman–Crippen LogP) is 2.08. The van der Waals surface area contributed by atoms with E-state index in [9.17, 15) is 8.42 Å². The normalized spacial score (nSPS) is 11.7. The third-order valence-corrected chi connectivity index (χ3v) is 4.93. The lowest BCUT2D eigenvalue weighted by Gasteiger charge is -2.02. The van der Waals surface area contributed by atoms with Gasteiger partial charge >= 0.3 is 0 Å². The molecule has 2 heterocycles. The Labute approximate surface area is 122 Å². The molecule has 0 aliphatic rings. The highest BCUT2D eigenvalue weighted by atomic mass is 32.2. The molecule has 6 nitrogen and oxygen atoms in total. The highest BCUT2D eigenvalue weighted by molar-refractivity contribution is 7.93. The first-order chi connectivity index (χ1) is 9.51. The molecule has 2 rings (SSSR count). The fourth-order valence-corrected chi connectivity index (χ4v) is 3.61.